The van der Waals surface area contributed by atoms with Crippen LogP contribution in [0.2, 0.25) is 5.02 Å². The largest absolute Gasteiger partial charge is 0.503 e. The zero-order valence-corrected chi connectivity index (χ0v) is 20.2. The van der Waals surface area contributed by atoms with Crippen LogP contribution < -0.4 is 10.1 Å². The molecule has 3 N–H and O–H groups in total. The Morgan fingerprint density at radius 1 is 1.23 bits per heavy atom. The van der Waals surface area contributed by atoms with E-state index in [2.05, 4.69) is 16.4 Å². The van der Waals surface area contributed by atoms with Gasteiger partial charge in [-0.05, 0) is 25.3 Å². The molecule has 0 saturated heterocycles. The third-order valence-corrected chi connectivity index (χ3v) is 6.29. The fourth-order valence-corrected chi connectivity index (χ4v) is 4.01. The van der Waals surface area contributed by atoms with Crippen LogP contribution in [0.5, 0.6) is 11.5 Å². The van der Waals surface area contributed by atoms with Crippen molar-refractivity contribution in [2.45, 2.75) is 32.4 Å². The average Bonchev–Trinajstić information content (AvgIpc) is 3.27. The third kappa shape index (κ3) is 5.55. The lowest BCUT2D eigenvalue weighted by molar-refractivity contribution is -0.139. The van der Waals surface area contributed by atoms with Gasteiger partial charge in [0, 0.05) is 46.8 Å². The highest BCUT2D eigenvalue weighted by atomic mass is 35.5. The Morgan fingerprint density at radius 3 is 2.57 bits per heavy atom. The number of carboxylic acid groups (broad SMARTS) is 1. The zero-order valence-electron chi connectivity index (χ0n) is 19.4. The molecule has 1 aromatic carbocycles. The fraction of sp³-hybridized carbons (Fsp3) is 0.280. The molecule has 0 radical (unpaired) electrons. The molecule has 35 heavy (non-hydrogen) atoms. The molecular weight excluding hydrogens is 472 g/mol. The number of hydrogen-bond acceptors (Lipinski definition) is 6. The van der Waals surface area contributed by atoms with Crippen molar-refractivity contribution >= 4 is 23.5 Å². The number of nitriles is 1. The molecule has 0 spiro atoms. The number of nitrogens with zero attached hydrogens (tertiary/aromatic N) is 3. The number of nitrogens with one attached hydrogen (secondary N) is 1. The summed E-state index contributed by atoms with van der Waals surface area (Å²) in [5, 5.41) is 32.4. The summed E-state index contributed by atoms with van der Waals surface area (Å²) in [6.45, 7) is 3.76. The standard InChI is InChI=1S/C25H25ClN4O5/c1-14(10-20(25(33)34)29-24(32)22-23(31)21(35-3)8-9-28-22)15(2)30-12-16(11-27)18(13-30)17-6-4-5-7-19(17)26/h4-9,12-15,20,31H,10H2,1-3H3,(H,29,32)(H,33,34)/t14?,15?,20-/m0/s1. The van der Waals surface area contributed by atoms with Crippen molar-refractivity contribution in [2.24, 2.45) is 5.92 Å². The molecule has 1 amide bonds. The molecular formula is C25H25ClN4O5. The quantitative estimate of drug-likeness (QED) is 0.402. The number of carbonyl (C=O) groups excluding carboxylic acids is 1. The van der Waals surface area contributed by atoms with E-state index in [0.717, 1.165) is 5.56 Å². The molecule has 182 valence electrons. The van der Waals surface area contributed by atoms with Crippen LogP contribution in [0, 0.1) is 17.2 Å². The summed E-state index contributed by atoms with van der Waals surface area (Å²) in [4.78, 5) is 28.4. The summed E-state index contributed by atoms with van der Waals surface area (Å²) in [6, 6.07) is 9.34. The third-order valence-electron chi connectivity index (χ3n) is 5.96. The van der Waals surface area contributed by atoms with Crippen LogP contribution in [0.25, 0.3) is 11.1 Å². The van der Waals surface area contributed by atoms with E-state index in [1.54, 1.807) is 18.3 Å². The number of rotatable bonds is 9. The summed E-state index contributed by atoms with van der Waals surface area (Å²) in [6.07, 6.45) is 4.89. The molecule has 0 fully saturated rings. The molecule has 10 heteroatoms. The number of hydrogen-bond donors (Lipinski definition) is 3. The second kappa shape index (κ2) is 10.9. The van der Waals surface area contributed by atoms with Gasteiger partial charge in [0.1, 0.15) is 12.1 Å². The number of aromatic hydroxyl groups is 1. The number of aliphatic carboxylic acids is 1. The number of carbonyl (C=O) groups is 2. The number of amides is 1. The highest BCUT2D eigenvalue weighted by molar-refractivity contribution is 6.33. The molecule has 3 aromatic rings. The minimum absolute atomic E-state index is 0.0502. The lowest BCUT2D eigenvalue weighted by Crippen LogP contribution is -2.42. The summed E-state index contributed by atoms with van der Waals surface area (Å²) >= 11 is 6.32. The number of methoxy groups -OCH3 is 1. The number of pyridine rings is 1. The molecule has 2 heterocycles. The highest BCUT2D eigenvalue weighted by Crippen LogP contribution is 2.33. The smallest absolute Gasteiger partial charge is 0.326 e. The predicted molar refractivity (Wildman–Crippen MR) is 129 cm³/mol. The van der Waals surface area contributed by atoms with Crippen molar-refractivity contribution in [3.63, 3.8) is 0 Å². The van der Waals surface area contributed by atoms with E-state index in [4.69, 9.17) is 16.3 Å². The minimum atomic E-state index is -1.23. The minimum Gasteiger partial charge on any atom is -0.503 e. The molecule has 0 aliphatic carbocycles. The van der Waals surface area contributed by atoms with E-state index >= 15 is 0 Å². The van der Waals surface area contributed by atoms with E-state index in [-0.39, 0.29) is 29.8 Å². The number of carboxylic acids is 1. The Balaban J connectivity index is 1.79. The lowest BCUT2D eigenvalue weighted by Gasteiger charge is -2.25. The molecule has 0 aliphatic heterocycles. The Kier molecular flexibility index (Phi) is 7.99. The van der Waals surface area contributed by atoms with Gasteiger partial charge >= 0.3 is 5.97 Å². The number of aromatic nitrogens is 2. The zero-order chi connectivity index (χ0) is 25.7. The van der Waals surface area contributed by atoms with Crippen molar-refractivity contribution in [1.29, 1.82) is 5.26 Å². The SMILES string of the molecule is COc1ccnc(C(=O)N[C@@H](CC(C)C(C)n2cc(C#N)c(-c3ccccc3Cl)c2)C(=O)O)c1O. The van der Waals surface area contributed by atoms with Crippen molar-refractivity contribution in [3.05, 3.63) is 65.2 Å². The maximum absolute atomic E-state index is 12.6. The number of halogens is 1. The van der Waals surface area contributed by atoms with Crippen LogP contribution in [0.15, 0.2) is 48.9 Å². The number of benzene rings is 1. The van der Waals surface area contributed by atoms with Crippen molar-refractivity contribution in [1.82, 2.24) is 14.9 Å². The first kappa shape index (κ1) is 25.6. The van der Waals surface area contributed by atoms with Gasteiger partial charge in [-0.2, -0.15) is 5.26 Å². The van der Waals surface area contributed by atoms with Crippen LogP contribution in [0.3, 0.4) is 0 Å². The number of ether oxygens (including phenoxy) is 1. The topological polar surface area (TPSA) is 137 Å². The Hall–Kier alpha value is -4.03. The maximum Gasteiger partial charge on any atom is 0.326 e. The average molecular weight is 497 g/mol. The van der Waals surface area contributed by atoms with Crippen molar-refractivity contribution in [2.75, 3.05) is 7.11 Å². The normalized spacial score (nSPS) is 13.3. The van der Waals surface area contributed by atoms with Crippen molar-refractivity contribution in [3.8, 4) is 28.7 Å². The van der Waals surface area contributed by atoms with Gasteiger partial charge in [-0.25, -0.2) is 9.78 Å². The van der Waals surface area contributed by atoms with E-state index < -0.39 is 23.7 Å². The van der Waals surface area contributed by atoms with Gasteiger partial charge in [-0.15, -0.1) is 0 Å². The van der Waals surface area contributed by atoms with Crippen LogP contribution >= 0.6 is 11.6 Å². The molecule has 0 bridgehead atoms. The molecule has 2 aromatic heterocycles. The Labute approximate surface area is 207 Å². The fourth-order valence-electron chi connectivity index (χ4n) is 3.77. The second-order valence-electron chi connectivity index (χ2n) is 8.15. The molecule has 2 unspecified atom stereocenters. The van der Waals surface area contributed by atoms with E-state index in [9.17, 15) is 25.1 Å². The first-order valence-electron chi connectivity index (χ1n) is 10.8. The van der Waals surface area contributed by atoms with Gasteiger partial charge in [-0.3, -0.25) is 4.79 Å². The van der Waals surface area contributed by atoms with Crippen LogP contribution in [0.4, 0.5) is 0 Å². The first-order chi connectivity index (χ1) is 16.7. The summed E-state index contributed by atoms with van der Waals surface area (Å²) in [5.41, 5.74) is 1.52. The molecule has 0 aliphatic rings. The second-order valence-corrected chi connectivity index (χ2v) is 8.56. The monoisotopic (exact) mass is 496 g/mol. The van der Waals surface area contributed by atoms with Gasteiger partial charge in [0.15, 0.2) is 17.2 Å². The van der Waals surface area contributed by atoms with Crippen LogP contribution in [0.1, 0.15) is 42.4 Å². The summed E-state index contributed by atoms with van der Waals surface area (Å²) in [5.74, 6) is -2.69. The first-order valence-corrected chi connectivity index (χ1v) is 11.2. The molecule has 0 saturated carbocycles. The van der Waals surface area contributed by atoms with Gasteiger partial charge in [-0.1, -0.05) is 36.7 Å². The van der Waals surface area contributed by atoms with Crippen LogP contribution in [-0.4, -0.2) is 44.8 Å². The predicted octanol–water partition coefficient (Wildman–Crippen LogP) is 4.26. The molecule has 9 nitrogen and oxygen atoms in total. The Morgan fingerprint density at radius 2 is 1.94 bits per heavy atom. The lowest BCUT2D eigenvalue weighted by atomic mass is 9.94. The molecule has 3 rings (SSSR count). The Bertz CT molecular complexity index is 1280. The molecule has 3 atom stereocenters. The van der Waals surface area contributed by atoms with E-state index in [0.29, 0.717) is 16.1 Å². The van der Waals surface area contributed by atoms with Gasteiger partial charge < -0.3 is 24.8 Å². The highest BCUT2D eigenvalue weighted by Gasteiger charge is 2.28. The van der Waals surface area contributed by atoms with Gasteiger partial charge in [0.05, 0.1) is 12.7 Å². The van der Waals surface area contributed by atoms with Gasteiger partial charge in [0.25, 0.3) is 5.91 Å². The summed E-state index contributed by atoms with van der Waals surface area (Å²) in [7, 11) is 1.33. The van der Waals surface area contributed by atoms with E-state index in [1.807, 2.05) is 36.7 Å². The summed E-state index contributed by atoms with van der Waals surface area (Å²) < 4.78 is 6.82. The van der Waals surface area contributed by atoms with E-state index in [1.165, 1.54) is 19.4 Å². The van der Waals surface area contributed by atoms with Crippen molar-refractivity contribution < 1.29 is 24.5 Å². The van der Waals surface area contributed by atoms with Gasteiger partial charge in [0.2, 0.25) is 0 Å². The maximum atomic E-state index is 12.6. The van der Waals surface area contributed by atoms with Crippen LogP contribution in [-0.2, 0) is 4.79 Å².